The zero-order chi connectivity index (χ0) is 22.3. The molecule has 0 aliphatic heterocycles. The third kappa shape index (κ3) is 4.62. The van der Waals surface area contributed by atoms with Crippen LogP contribution in [0.5, 0.6) is 0 Å². The molecule has 3 aromatic heterocycles. The molecule has 1 amide bonds. The van der Waals surface area contributed by atoms with E-state index >= 15 is 0 Å². The van der Waals surface area contributed by atoms with Gasteiger partial charge in [0, 0.05) is 21.4 Å². The Bertz CT molecular complexity index is 1300. The monoisotopic (exact) mass is 509 g/mol. The van der Waals surface area contributed by atoms with Crippen LogP contribution in [0.2, 0.25) is 0 Å². The van der Waals surface area contributed by atoms with E-state index in [1.54, 1.807) is 29.9 Å². The maximum absolute atomic E-state index is 13.3. The van der Waals surface area contributed by atoms with Crippen LogP contribution in [-0.4, -0.2) is 25.7 Å². The van der Waals surface area contributed by atoms with Gasteiger partial charge in [-0.1, -0.05) is 15.9 Å². The summed E-state index contributed by atoms with van der Waals surface area (Å²) in [5, 5.41) is 10.2. The molecule has 0 bridgehead atoms. The highest BCUT2D eigenvalue weighted by molar-refractivity contribution is 9.10. The van der Waals surface area contributed by atoms with Crippen LogP contribution in [0.3, 0.4) is 0 Å². The number of carbonyl (C=O) groups is 1. The van der Waals surface area contributed by atoms with Crippen molar-refractivity contribution in [3.05, 3.63) is 68.0 Å². The van der Waals surface area contributed by atoms with Crippen molar-refractivity contribution in [2.75, 3.05) is 5.32 Å². The molecule has 11 heteroatoms. The number of thiazole rings is 1. The van der Waals surface area contributed by atoms with Gasteiger partial charge in [0.15, 0.2) is 0 Å². The summed E-state index contributed by atoms with van der Waals surface area (Å²) in [7, 11) is 0. The quantitative estimate of drug-likeness (QED) is 0.389. The number of carbonyl (C=O) groups excluding carboxylic acids is 1. The Morgan fingerprint density at radius 2 is 2.00 bits per heavy atom. The fourth-order valence-electron chi connectivity index (χ4n) is 3.09. The summed E-state index contributed by atoms with van der Waals surface area (Å²) < 4.78 is 42.2. The van der Waals surface area contributed by atoms with Crippen LogP contribution < -0.4 is 5.32 Å². The number of halogens is 4. The molecule has 4 rings (SSSR count). The summed E-state index contributed by atoms with van der Waals surface area (Å²) in [4.78, 5) is 21.0. The van der Waals surface area contributed by atoms with Crippen LogP contribution in [0.1, 0.15) is 32.4 Å². The molecule has 1 aromatic carbocycles. The maximum Gasteiger partial charge on any atom is 0.433 e. The Hall–Kier alpha value is -2.79. The largest absolute Gasteiger partial charge is 0.433 e. The van der Waals surface area contributed by atoms with Gasteiger partial charge in [-0.15, -0.1) is 11.3 Å². The summed E-state index contributed by atoms with van der Waals surface area (Å²) in [5.41, 5.74) is 0.609. The number of amides is 1. The van der Waals surface area contributed by atoms with Crippen molar-refractivity contribution in [3.63, 3.8) is 0 Å². The maximum atomic E-state index is 13.3. The van der Waals surface area contributed by atoms with Gasteiger partial charge in [0.25, 0.3) is 5.91 Å². The average Bonchev–Trinajstić information content (AvgIpc) is 3.25. The molecule has 4 aromatic rings. The third-order valence-corrected chi connectivity index (χ3v) is 5.81. The standard InChI is InChI=1S/C20H15BrF3N5OS/c1-10-17(8-29(28-10)7-13-9-31-11(2)25-13)27-19(30)15-6-18(20(22,23)24)26-16-4-3-12(21)5-14(15)16/h3-6,8-9H,7H2,1-2H3,(H,27,30). The zero-order valence-corrected chi connectivity index (χ0v) is 18.7. The number of aryl methyl sites for hydroxylation is 2. The van der Waals surface area contributed by atoms with Gasteiger partial charge in [0.05, 0.1) is 39.7 Å². The molecule has 0 saturated carbocycles. The number of nitrogens with zero attached hydrogens (tertiary/aromatic N) is 4. The highest BCUT2D eigenvalue weighted by Gasteiger charge is 2.34. The van der Waals surface area contributed by atoms with Crippen molar-refractivity contribution >= 4 is 49.8 Å². The lowest BCUT2D eigenvalue weighted by Gasteiger charge is -2.12. The van der Waals surface area contributed by atoms with Gasteiger partial charge < -0.3 is 5.32 Å². The second kappa shape index (κ2) is 8.04. The number of pyridine rings is 1. The first-order valence-corrected chi connectivity index (χ1v) is 10.7. The first-order chi connectivity index (χ1) is 14.6. The lowest BCUT2D eigenvalue weighted by molar-refractivity contribution is -0.140. The number of aromatic nitrogens is 4. The van der Waals surface area contributed by atoms with Crippen molar-refractivity contribution in [3.8, 4) is 0 Å². The first-order valence-electron chi connectivity index (χ1n) is 9.04. The summed E-state index contributed by atoms with van der Waals surface area (Å²) >= 11 is 4.81. The van der Waals surface area contributed by atoms with Crippen molar-refractivity contribution < 1.29 is 18.0 Å². The van der Waals surface area contributed by atoms with E-state index in [4.69, 9.17) is 0 Å². The van der Waals surface area contributed by atoms with Crippen molar-refractivity contribution in [1.29, 1.82) is 0 Å². The molecule has 0 unspecified atom stereocenters. The van der Waals surface area contributed by atoms with Gasteiger partial charge in [-0.2, -0.15) is 18.3 Å². The van der Waals surface area contributed by atoms with E-state index in [0.29, 0.717) is 27.8 Å². The smallest absolute Gasteiger partial charge is 0.319 e. The van der Waals surface area contributed by atoms with E-state index in [2.05, 4.69) is 36.3 Å². The lowest BCUT2D eigenvalue weighted by Crippen LogP contribution is -2.16. The Morgan fingerprint density at radius 3 is 2.68 bits per heavy atom. The van der Waals surface area contributed by atoms with E-state index < -0.39 is 17.8 Å². The van der Waals surface area contributed by atoms with Crippen molar-refractivity contribution in [1.82, 2.24) is 19.7 Å². The minimum atomic E-state index is -4.68. The Balaban J connectivity index is 1.68. The van der Waals surface area contributed by atoms with Gasteiger partial charge in [-0.25, -0.2) is 9.97 Å². The molecular formula is C20H15BrF3N5OS. The van der Waals surface area contributed by atoms with Crippen molar-refractivity contribution in [2.45, 2.75) is 26.6 Å². The summed E-state index contributed by atoms with van der Waals surface area (Å²) in [5.74, 6) is -0.678. The second-order valence-electron chi connectivity index (χ2n) is 6.85. The SMILES string of the molecule is Cc1nc(Cn2cc(NC(=O)c3cc(C(F)(F)F)nc4ccc(Br)cc34)c(C)n2)cs1. The number of hydrogen-bond donors (Lipinski definition) is 1. The number of benzene rings is 1. The average molecular weight is 510 g/mol. The number of nitrogens with one attached hydrogen (secondary N) is 1. The Labute approximate surface area is 187 Å². The predicted octanol–water partition coefficient (Wildman–Crippen LogP) is 5.59. The molecule has 0 spiro atoms. The predicted molar refractivity (Wildman–Crippen MR) is 115 cm³/mol. The molecule has 0 atom stereocenters. The number of rotatable bonds is 4. The molecule has 0 aliphatic rings. The van der Waals surface area contributed by atoms with E-state index in [9.17, 15) is 18.0 Å². The first kappa shape index (κ1) is 21.4. The Morgan fingerprint density at radius 1 is 1.23 bits per heavy atom. The van der Waals surface area contributed by atoms with Crippen LogP contribution in [-0.2, 0) is 12.7 Å². The van der Waals surface area contributed by atoms with Crippen LogP contribution >= 0.6 is 27.3 Å². The summed E-state index contributed by atoms with van der Waals surface area (Å²) in [6.07, 6.45) is -3.05. The number of hydrogen-bond acceptors (Lipinski definition) is 5. The van der Waals surface area contributed by atoms with Crippen LogP contribution in [0, 0.1) is 13.8 Å². The molecule has 0 fully saturated rings. The molecule has 3 heterocycles. The van der Waals surface area contributed by atoms with Crippen LogP contribution in [0.4, 0.5) is 18.9 Å². The summed E-state index contributed by atoms with van der Waals surface area (Å²) in [6.45, 7) is 4.03. The van der Waals surface area contributed by atoms with E-state index in [1.807, 2.05) is 12.3 Å². The lowest BCUT2D eigenvalue weighted by atomic mass is 10.1. The molecule has 6 nitrogen and oxygen atoms in total. The van der Waals surface area contributed by atoms with E-state index in [1.165, 1.54) is 17.4 Å². The van der Waals surface area contributed by atoms with Gasteiger partial charge in [0.1, 0.15) is 5.69 Å². The second-order valence-corrected chi connectivity index (χ2v) is 8.83. The highest BCUT2D eigenvalue weighted by Crippen LogP contribution is 2.32. The van der Waals surface area contributed by atoms with E-state index in [0.717, 1.165) is 16.8 Å². The minimum absolute atomic E-state index is 0.0782. The Kier molecular flexibility index (Phi) is 5.56. The van der Waals surface area contributed by atoms with Crippen LogP contribution in [0.25, 0.3) is 10.9 Å². The highest BCUT2D eigenvalue weighted by atomic mass is 79.9. The number of alkyl halides is 3. The van der Waals surface area contributed by atoms with Gasteiger partial charge in [0.2, 0.25) is 0 Å². The molecule has 0 radical (unpaired) electrons. The summed E-state index contributed by atoms with van der Waals surface area (Å²) in [6, 6.07) is 5.34. The topological polar surface area (TPSA) is 72.7 Å². The molecule has 31 heavy (non-hydrogen) atoms. The fourth-order valence-corrected chi connectivity index (χ4v) is 4.05. The van der Waals surface area contributed by atoms with Gasteiger partial charge in [-0.05, 0) is 38.1 Å². The van der Waals surface area contributed by atoms with Crippen molar-refractivity contribution in [2.24, 2.45) is 0 Å². The molecule has 0 saturated heterocycles. The molecule has 0 aliphatic carbocycles. The van der Waals surface area contributed by atoms with Gasteiger partial charge in [-0.3, -0.25) is 9.48 Å². The normalized spacial score (nSPS) is 11.8. The molecule has 1 N–H and O–H groups in total. The fraction of sp³-hybridized carbons (Fsp3) is 0.200. The van der Waals surface area contributed by atoms with Crippen LogP contribution in [0.15, 0.2) is 40.3 Å². The zero-order valence-electron chi connectivity index (χ0n) is 16.3. The third-order valence-electron chi connectivity index (χ3n) is 4.49. The van der Waals surface area contributed by atoms with Gasteiger partial charge >= 0.3 is 6.18 Å². The molecule has 160 valence electrons. The number of anilines is 1. The molecular weight excluding hydrogens is 495 g/mol. The van der Waals surface area contributed by atoms with E-state index in [-0.39, 0.29) is 11.1 Å². The number of fused-ring (bicyclic) bond motifs is 1. The minimum Gasteiger partial charge on any atom is -0.319 e.